The Labute approximate surface area is 190 Å². The first-order valence-corrected chi connectivity index (χ1v) is 11.3. The molecule has 4 rings (SSSR count). The first-order valence-electron chi connectivity index (χ1n) is 9.70. The first-order chi connectivity index (χ1) is 16.0. The van der Waals surface area contributed by atoms with Crippen molar-refractivity contribution in [2.45, 2.75) is 23.2 Å². The van der Waals surface area contributed by atoms with Gasteiger partial charge in [-0.05, 0) is 30.3 Å². The molecule has 2 aromatic carbocycles. The fourth-order valence-electron chi connectivity index (χ4n) is 3.53. The SMILES string of the molecule is COc1cc(CC(F)(F)F)c(F)cc1-n1c(=O)ccc2cc(S(=O)(=O)Cc3ccon3)ccc21. The van der Waals surface area contributed by atoms with E-state index in [1.165, 1.54) is 43.7 Å². The lowest BCUT2D eigenvalue weighted by molar-refractivity contribution is -0.127. The summed E-state index contributed by atoms with van der Waals surface area (Å²) in [5.41, 5.74) is -0.965. The molecule has 4 aromatic rings. The molecule has 2 aromatic heterocycles. The fraction of sp³-hybridized carbons (Fsp3) is 0.182. The molecule has 0 unspecified atom stereocenters. The Morgan fingerprint density at radius 1 is 1.09 bits per heavy atom. The third-order valence-electron chi connectivity index (χ3n) is 5.03. The lowest BCUT2D eigenvalue weighted by Gasteiger charge is -2.17. The zero-order valence-corrected chi connectivity index (χ0v) is 18.3. The zero-order chi connectivity index (χ0) is 24.7. The maximum atomic E-state index is 14.6. The van der Waals surface area contributed by atoms with Crippen LogP contribution in [0.15, 0.2) is 69.0 Å². The maximum absolute atomic E-state index is 14.6. The molecule has 34 heavy (non-hydrogen) atoms. The van der Waals surface area contributed by atoms with E-state index >= 15 is 0 Å². The van der Waals surface area contributed by atoms with E-state index in [4.69, 9.17) is 4.74 Å². The van der Waals surface area contributed by atoms with Crippen LogP contribution in [0.5, 0.6) is 5.75 Å². The summed E-state index contributed by atoms with van der Waals surface area (Å²) in [6.45, 7) is 0. The van der Waals surface area contributed by atoms with E-state index < -0.39 is 45.1 Å². The second kappa shape index (κ2) is 8.60. The van der Waals surface area contributed by atoms with E-state index in [1.54, 1.807) is 0 Å². The van der Waals surface area contributed by atoms with Crippen LogP contribution in [0.1, 0.15) is 11.3 Å². The summed E-state index contributed by atoms with van der Waals surface area (Å²) >= 11 is 0. The second-order valence-electron chi connectivity index (χ2n) is 7.38. The predicted octanol–water partition coefficient (Wildman–Crippen LogP) is 4.21. The number of pyridine rings is 1. The summed E-state index contributed by atoms with van der Waals surface area (Å²) in [6, 6.07) is 9.58. The Morgan fingerprint density at radius 2 is 1.85 bits per heavy atom. The zero-order valence-electron chi connectivity index (χ0n) is 17.5. The van der Waals surface area contributed by atoms with E-state index in [9.17, 15) is 30.8 Å². The van der Waals surface area contributed by atoms with Gasteiger partial charge in [0.1, 0.15) is 23.6 Å². The lowest BCUT2D eigenvalue weighted by Crippen LogP contribution is -2.19. The molecule has 0 spiro atoms. The summed E-state index contributed by atoms with van der Waals surface area (Å²) in [6.07, 6.45) is -4.90. The van der Waals surface area contributed by atoms with E-state index in [1.807, 2.05) is 0 Å². The molecule has 7 nitrogen and oxygen atoms in total. The maximum Gasteiger partial charge on any atom is 0.393 e. The number of ether oxygens (including phenoxy) is 1. The smallest absolute Gasteiger partial charge is 0.393 e. The number of fused-ring (bicyclic) bond motifs is 1. The number of rotatable bonds is 6. The summed E-state index contributed by atoms with van der Waals surface area (Å²) in [5, 5.41) is 3.91. The number of aromatic nitrogens is 2. The topological polar surface area (TPSA) is 91.4 Å². The number of alkyl halides is 3. The third-order valence-corrected chi connectivity index (χ3v) is 6.68. The van der Waals surface area contributed by atoms with Gasteiger partial charge < -0.3 is 9.26 Å². The van der Waals surface area contributed by atoms with Crippen molar-refractivity contribution in [2.75, 3.05) is 7.11 Å². The normalized spacial score (nSPS) is 12.3. The van der Waals surface area contributed by atoms with Crippen LogP contribution >= 0.6 is 0 Å². The number of sulfone groups is 1. The summed E-state index contributed by atoms with van der Waals surface area (Å²) in [5.74, 6) is -1.73. The number of nitrogens with zero attached hydrogens (tertiary/aromatic N) is 2. The molecule has 0 fully saturated rings. The Bertz CT molecular complexity index is 1530. The van der Waals surface area contributed by atoms with Crippen molar-refractivity contribution in [1.29, 1.82) is 0 Å². The van der Waals surface area contributed by atoms with Gasteiger partial charge in [0.2, 0.25) is 0 Å². The molecule has 0 radical (unpaired) electrons. The van der Waals surface area contributed by atoms with Crippen LogP contribution in [-0.4, -0.2) is 31.4 Å². The monoisotopic (exact) mass is 496 g/mol. The number of hydrogen-bond acceptors (Lipinski definition) is 6. The van der Waals surface area contributed by atoms with Crippen LogP contribution in [0.2, 0.25) is 0 Å². The van der Waals surface area contributed by atoms with Crippen molar-refractivity contribution < 1.29 is 35.2 Å². The molecule has 0 aliphatic heterocycles. The predicted molar refractivity (Wildman–Crippen MR) is 113 cm³/mol. The molecule has 0 bridgehead atoms. The molecule has 2 heterocycles. The van der Waals surface area contributed by atoms with Crippen molar-refractivity contribution in [3.8, 4) is 11.4 Å². The third kappa shape index (κ3) is 4.67. The Hall–Kier alpha value is -3.67. The molecule has 12 heteroatoms. The molecular weight excluding hydrogens is 480 g/mol. The van der Waals surface area contributed by atoms with Crippen LogP contribution in [0, 0.1) is 5.82 Å². The number of benzene rings is 2. The number of hydrogen-bond donors (Lipinski definition) is 0. The molecule has 0 atom stereocenters. The molecule has 0 saturated carbocycles. The average molecular weight is 496 g/mol. The molecular formula is C22H16F4N2O5S. The van der Waals surface area contributed by atoms with Crippen molar-refractivity contribution in [3.05, 3.63) is 82.2 Å². The van der Waals surface area contributed by atoms with E-state index in [-0.39, 0.29) is 27.5 Å². The average Bonchev–Trinajstić information content (AvgIpc) is 3.26. The highest BCUT2D eigenvalue weighted by molar-refractivity contribution is 7.90. The van der Waals surface area contributed by atoms with Crippen molar-refractivity contribution >= 4 is 20.7 Å². The van der Waals surface area contributed by atoms with E-state index in [0.29, 0.717) is 5.39 Å². The highest BCUT2D eigenvalue weighted by atomic mass is 32.2. The minimum Gasteiger partial charge on any atom is -0.495 e. The first kappa shape index (κ1) is 23.5. The van der Waals surface area contributed by atoms with Crippen LogP contribution in [-0.2, 0) is 22.0 Å². The highest BCUT2D eigenvalue weighted by Gasteiger charge is 2.30. The Balaban J connectivity index is 1.85. The van der Waals surface area contributed by atoms with Gasteiger partial charge in [-0.2, -0.15) is 13.2 Å². The van der Waals surface area contributed by atoms with Gasteiger partial charge in [-0.1, -0.05) is 5.16 Å². The van der Waals surface area contributed by atoms with Gasteiger partial charge in [-0.25, -0.2) is 12.8 Å². The fourth-order valence-corrected chi connectivity index (χ4v) is 4.82. The molecule has 178 valence electrons. The van der Waals surface area contributed by atoms with E-state index in [2.05, 4.69) is 9.68 Å². The van der Waals surface area contributed by atoms with Crippen molar-refractivity contribution in [2.24, 2.45) is 0 Å². The molecule has 0 N–H and O–H groups in total. The minimum absolute atomic E-state index is 0.0492. The van der Waals surface area contributed by atoms with Crippen molar-refractivity contribution in [3.63, 3.8) is 0 Å². The largest absolute Gasteiger partial charge is 0.495 e. The molecule has 0 saturated heterocycles. The van der Waals surface area contributed by atoms with Gasteiger partial charge in [0.25, 0.3) is 5.56 Å². The van der Waals surface area contributed by atoms with Gasteiger partial charge in [0.15, 0.2) is 9.84 Å². The van der Waals surface area contributed by atoms with Gasteiger partial charge >= 0.3 is 6.18 Å². The molecule has 0 amide bonds. The van der Waals surface area contributed by atoms with Crippen LogP contribution in [0.3, 0.4) is 0 Å². The summed E-state index contributed by atoms with van der Waals surface area (Å²) < 4.78 is 89.2. The van der Waals surface area contributed by atoms with Crippen LogP contribution in [0.25, 0.3) is 16.6 Å². The Kier molecular flexibility index (Phi) is 5.94. The number of methoxy groups -OCH3 is 1. The summed E-state index contributed by atoms with van der Waals surface area (Å²) in [4.78, 5) is 12.6. The summed E-state index contributed by atoms with van der Waals surface area (Å²) in [7, 11) is -2.63. The molecule has 0 aliphatic rings. The lowest BCUT2D eigenvalue weighted by atomic mass is 10.1. The minimum atomic E-state index is -4.64. The Morgan fingerprint density at radius 3 is 2.50 bits per heavy atom. The van der Waals surface area contributed by atoms with Crippen molar-refractivity contribution in [1.82, 2.24) is 9.72 Å². The van der Waals surface area contributed by atoms with Gasteiger partial charge in [-0.3, -0.25) is 9.36 Å². The van der Waals surface area contributed by atoms with Gasteiger partial charge in [-0.15, -0.1) is 0 Å². The molecule has 0 aliphatic carbocycles. The number of halogens is 4. The standard InChI is InChI=1S/C22H16F4N2O5S/c1-32-20-9-14(11-22(24,25)26)17(23)10-19(20)28-18-4-3-16(8-13(18)2-5-21(28)29)34(30,31)12-15-6-7-33-27-15/h2-10H,11-12H2,1H3. The quantitative estimate of drug-likeness (QED) is 0.372. The highest BCUT2D eigenvalue weighted by Crippen LogP contribution is 2.32. The second-order valence-corrected chi connectivity index (χ2v) is 9.37. The van der Waals surface area contributed by atoms with E-state index in [0.717, 1.165) is 22.8 Å². The van der Waals surface area contributed by atoms with Gasteiger partial charge in [0, 0.05) is 29.1 Å². The van der Waals surface area contributed by atoms with Crippen LogP contribution in [0.4, 0.5) is 17.6 Å². The van der Waals surface area contributed by atoms with Gasteiger partial charge in [0.05, 0.1) is 35.3 Å². The van der Waals surface area contributed by atoms with Crippen LogP contribution < -0.4 is 10.3 Å².